The molecule has 0 aromatic carbocycles. The Morgan fingerprint density at radius 2 is 2.36 bits per heavy atom. The summed E-state index contributed by atoms with van der Waals surface area (Å²) >= 11 is 0.953. The highest BCUT2D eigenvalue weighted by atomic mass is 32.1. The Labute approximate surface area is 82.0 Å². The number of thiophene rings is 1. The zero-order valence-corrected chi connectivity index (χ0v) is 7.97. The maximum absolute atomic E-state index is 11.3. The highest BCUT2D eigenvalue weighted by Gasteiger charge is 2.12. The van der Waals surface area contributed by atoms with Crippen molar-refractivity contribution in [2.75, 3.05) is 0 Å². The molecule has 2 heterocycles. The fourth-order valence-electron chi connectivity index (χ4n) is 1.27. The van der Waals surface area contributed by atoms with E-state index in [0.717, 1.165) is 11.3 Å². The average molecular weight is 209 g/mol. The number of H-pyrrole nitrogens is 1. The summed E-state index contributed by atoms with van der Waals surface area (Å²) in [5.41, 5.74) is 0.0931. The van der Waals surface area contributed by atoms with Crippen LogP contribution in [-0.4, -0.2) is 15.9 Å². The number of carboxylic acids is 1. The van der Waals surface area contributed by atoms with Crippen LogP contribution >= 0.6 is 11.3 Å². The first-order valence-electron chi connectivity index (χ1n) is 3.79. The molecule has 6 heteroatoms. The SMILES string of the molecule is Cc1c(C(=O)[O-])sc2nc[nH]c(=O)c12. The van der Waals surface area contributed by atoms with Gasteiger partial charge in [-0.15, -0.1) is 11.3 Å². The molecule has 72 valence electrons. The van der Waals surface area contributed by atoms with Gasteiger partial charge in [-0.1, -0.05) is 0 Å². The number of carbonyl (C=O) groups is 1. The second-order valence-corrected chi connectivity index (χ2v) is 3.75. The highest BCUT2D eigenvalue weighted by Crippen LogP contribution is 2.25. The molecule has 0 aliphatic heterocycles. The third-order valence-corrected chi connectivity index (χ3v) is 3.10. The summed E-state index contributed by atoms with van der Waals surface area (Å²) in [5, 5.41) is 11.0. The third-order valence-electron chi connectivity index (χ3n) is 1.92. The van der Waals surface area contributed by atoms with Crippen molar-refractivity contribution < 1.29 is 9.90 Å². The van der Waals surface area contributed by atoms with E-state index in [2.05, 4.69) is 9.97 Å². The van der Waals surface area contributed by atoms with E-state index in [1.807, 2.05) is 0 Å². The monoisotopic (exact) mass is 209 g/mol. The lowest BCUT2D eigenvalue weighted by atomic mass is 10.2. The van der Waals surface area contributed by atoms with E-state index in [1.165, 1.54) is 6.33 Å². The quantitative estimate of drug-likeness (QED) is 0.696. The van der Waals surface area contributed by atoms with Crippen LogP contribution in [0.4, 0.5) is 0 Å². The van der Waals surface area contributed by atoms with Gasteiger partial charge in [0, 0.05) is 0 Å². The third kappa shape index (κ3) is 1.12. The summed E-state index contributed by atoms with van der Waals surface area (Å²) in [6.45, 7) is 1.57. The lowest BCUT2D eigenvalue weighted by Gasteiger charge is -1.97. The zero-order valence-electron chi connectivity index (χ0n) is 7.16. The van der Waals surface area contributed by atoms with Gasteiger partial charge >= 0.3 is 0 Å². The molecule has 0 saturated heterocycles. The van der Waals surface area contributed by atoms with Crippen LogP contribution in [0, 0.1) is 6.92 Å². The normalized spacial score (nSPS) is 10.6. The van der Waals surface area contributed by atoms with Crippen LogP contribution in [0.2, 0.25) is 0 Å². The minimum Gasteiger partial charge on any atom is -0.544 e. The fourth-order valence-corrected chi connectivity index (χ4v) is 2.26. The Hall–Kier alpha value is -1.69. The van der Waals surface area contributed by atoms with Gasteiger partial charge in [0.25, 0.3) is 5.56 Å². The number of hydrogen-bond acceptors (Lipinski definition) is 5. The van der Waals surface area contributed by atoms with Gasteiger partial charge in [0.15, 0.2) is 0 Å². The molecular formula is C8H5N2O3S-. The van der Waals surface area contributed by atoms with E-state index >= 15 is 0 Å². The number of aromatic carboxylic acids is 1. The van der Waals surface area contributed by atoms with Gasteiger partial charge in [0.1, 0.15) is 4.83 Å². The van der Waals surface area contributed by atoms with Crippen molar-refractivity contribution in [3.63, 3.8) is 0 Å². The Balaban J connectivity index is 2.94. The minimum atomic E-state index is -1.27. The van der Waals surface area contributed by atoms with Crippen molar-refractivity contribution in [3.05, 3.63) is 27.1 Å². The second kappa shape index (κ2) is 2.91. The van der Waals surface area contributed by atoms with E-state index in [1.54, 1.807) is 6.92 Å². The molecule has 2 aromatic rings. The highest BCUT2D eigenvalue weighted by molar-refractivity contribution is 7.20. The van der Waals surface area contributed by atoms with Gasteiger partial charge in [0.2, 0.25) is 0 Å². The summed E-state index contributed by atoms with van der Waals surface area (Å²) in [6, 6.07) is 0. The van der Waals surface area contributed by atoms with Gasteiger partial charge in [-0.05, 0) is 12.5 Å². The number of nitrogens with zero attached hydrogens (tertiary/aromatic N) is 1. The summed E-state index contributed by atoms with van der Waals surface area (Å²) in [7, 11) is 0. The summed E-state index contributed by atoms with van der Waals surface area (Å²) in [4.78, 5) is 28.7. The number of carbonyl (C=O) groups excluding carboxylic acids is 1. The van der Waals surface area contributed by atoms with Crippen molar-refractivity contribution in [2.45, 2.75) is 6.92 Å². The van der Waals surface area contributed by atoms with Crippen LogP contribution in [0.1, 0.15) is 15.2 Å². The molecule has 0 radical (unpaired) electrons. The van der Waals surface area contributed by atoms with Gasteiger partial charge in [0.05, 0.1) is 22.6 Å². The molecule has 0 spiro atoms. The summed E-state index contributed by atoms with van der Waals surface area (Å²) in [6.07, 6.45) is 1.25. The smallest absolute Gasteiger partial charge is 0.259 e. The molecule has 5 nitrogen and oxygen atoms in total. The Morgan fingerprint density at radius 3 is 2.93 bits per heavy atom. The van der Waals surface area contributed by atoms with Crippen LogP contribution in [0.15, 0.2) is 11.1 Å². The van der Waals surface area contributed by atoms with Crippen LogP contribution in [0.25, 0.3) is 10.2 Å². The van der Waals surface area contributed by atoms with Gasteiger partial charge < -0.3 is 14.9 Å². The number of fused-ring (bicyclic) bond motifs is 1. The van der Waals surface area contributed by atoms with Crippen molar-refractivity contribution >= 4 is 27.5 Å². The molecule has 0 aliphatic carbocycles. The first kappa shape index (κ1) is 8.89. The molecule has 2 aromatic heterocycles. The van der Waals surface area contributed by atoms with Crippen molar-refractivity contribution in [3.8, 4) is 0 Å². The molecule has 2 rings (SSSR count). The van der Waals surface area contributed by atoms with Crippen molar-refractivity contribution in [1.82, 2.24) is 9.97 Å². The molecular weight excluding hydrogens is 204 g/mol. The Kier molecular flexibility index (Phi) is 1.85. The van der Waals surface area contributed by atoms with Crippen molar-refractivity contribution in [1.29, 1.82) is 0 Å². The summed E-state index contributed by atoms with van der Waals surface area (Å²) in [5.74, 6) is -1.27. The van der Waals surface area contributed by atoms with E-state index in [4.69, 9.17) is 0 Å². The zero-order chi connectivity index (χ0) is 10.3. The lowest BCUT2D eigenvalue weighted by molar-refractivity contribution is -0.254. The van der Waals surface area contributed by atoms with Gasteiger partial charge in [-0.25, -0.2) is 4.98 Å². The summed E-state index contributed by atoms with van der Waals surface area (Å²) < 4.78 is 0. The van der Waals surface area contributed by atoms with E-state index in [0.29, 0.717) is 15.8 Å². The molecule has 0 fully saturated rings. The number of rotatable bonds is 1. The standard InChI is InChI=1S/C8H6N2O3S/c1-3-4-6(11)9-2-10-7(4)14-5(3)8(12)13/h2H,1H3,(H,12,13)(H,9,10,11)/p-1. The van der Waals surface area contributed by atoms with Crippen LogP contribution in [-0.2, 0) is 0 Å². The molecule has 0 unspecified atom stereocenters. The molecule has 0 atom stereocenters. The Bertz CT molecular complexity index is 569. The predicted octanol–water partition coefficient (Wildman–Crippen LogP) is -0.343. The molecule has 0 amide bonds. The predicted molar refractivity (Wildman–Crippen MR) is 49.3 cm³/mol. The van der Waals surface area contributed by atoms with Crippen LogP contribution in [0.3, 0.4) is 0 Å². The minimum absolute atomic E-state index is 0.0594. The Morgan fingerprint density at radius 1 is 1.64 bits per heavy atom. The number of carboxylic acid groups (broad SMARTS) is 1. The number of nitrogens with one attached hydrogen (secondary N) is 1. The first-order valence-corrected chi connectivity index (χ1v) is 4.61. The maximum atomic E-state index is 11.3. The van der Waals surface area contributed by atoms with Crippen LogP contribution < -0.4 is 10.7 Å². The molecule has 0 aliphatic rings. The molecule has 14 heavy (non-hydrogen) atoms. The lowest BCUT2D eigenvalue weighted by Crippen LogP contribution is -2.21. The number of aromatic amines is 1. The van der Waals surface area contributed by atoms with E-state index in [9.17, 15) is 14.7 Å². The number of hydrogen-bond donors (Lipinski definition) is 1. The average Bonchev–Trinajstić information content (AvgIpc) is 2.45. The first-order chi connectivity index (χ1) is 6.61. The maximum Gasteiger partial charge on any atom is 0.259 e. The fraction of sp³-hybridized carbons (Fsp3) is 0.125. The number of aryl methyl sites for hydroxylation is 1. The second-order valence-electron chi connectivity index (χ2n) is 2.76. The van der Waals surface area contributed by atoms with Crippen LogP contribution in [0.5, 0.6) is 0 Å². The van der Waals surface area contributed by atoms with E-state index in [-0.39, 0.29) is 10.4 Å². The molecule has 0 saturated carbocycles. The van der Waals surface area contributed by atoms with Gasteiger partial charge in [-0.2, -0.15) is 0 Å². The largest absolute Gasteiger partial charge is 0.544 e. The van der Waals surface area contributed by atoms with Gasteiger partial charge in [-0.3, -0.25) is 4.79 Å². The van der Waals surface area contributed by atoms with E-state index < -0.39 is 5.97 Å². The molecule has 0 bridgehead atoms. The molecule has 1 N–H and O–H groups in total. The topological polar surface area (TPSA) is 85.9 Å². The van der Waals surface area contributed by atoms with Crippen molar-refractivity contribution in [2.24, 2.45) is 0 Å². The number of aromatic nitrogens is 2.